The van der Waals surface area contributed by atoms with Gasteiger partial charge in [-0.3, -0.25) is 9.69 Å². The summed E-state index contributed by atoms with van der Waals surface area (Å²) in [5.74, 6) is 0.122. The smallest absolute Gasteiger partial charge is 0.257 e. The molecule has 1 aromatic heterocycles. The van der Waals surface area contributed by atoms with Crippen LogP contribution in [0.4, 0.5) is 0 Å². The van der Waals surface area contributed by atoms with Crippen molar-refractivity contribution in [3.8, 4) is 5.69 Å². The van der Waals surface area contributed by atoms with Crippen molar-refractivity contribution in [2.45, 2.75) is 46.1 Å². The van der Waals surface area contributed by atoms with Crippen LogP contribution in [0.2, 0.25) is 0 Å². The number of piperidine rings is 1. The van der Waals surface area contributed by atoms with Crippen LogP contribution in [0.25, 0.3) is 5.69 Å². The third-order valence-corrected chi connectivity index (χ3v) is 6.29. The molecule has 1 amide bonds. The maximum Gasteiger partial charge on any atom is 0.257 e. The highest BCUT2D eigenvalue weighted by atomic mass is 16.5. The molecule has 2 aliphatic heterocycles. The zero-order valence-electron chi connectivity index (χ0n) is 17.9. The van der Waals surface area contributed by atoms with Crippen molar-refractivity contribution in [1.29, 1.82) is 0 Å². The molecule has 1 atom stereocenters. The number of benzene rings is 1. The maximum atomic E-state index is 13.5. The molecule has 4 rings (SSSR count). The first-order valence-electron chi connectivity index (χ1n) is 10.8. The fraction of sp³-hybridized carbons (Fsp3) is 0.565. The van der Waals surface area contributed by atoms with E-state index < -0.39 is 0 Å². The van der Waals surface area contributed by atoms with Gasteiger partial charge in [-0.05, 0) is 57.2 Å². The van der Waals surface area contributed by atoms with Gasteiger partial charge in [-0.15, -0.1) is 0 Å². The largest absolute Gasteiger partial charge is 0.379 e. The quantitative estimate of drug-likeness (QED) is 0.797. The van der Waals surface area contributed by atoms with Crippen LogP contribution in [0.3, 0.4) is 0 Å². The SMILES string of the molecule is Cc1ccc(C)c(-n2ncc(C(=O)N3CCCC[C@H]3CN3CCOCC3)c2C)c1. The zero-order chi connectivity index (χ0) is 20.4. The first kappa shape index (κ1) is 20.1. The molecule has 0 radical (unpaired) electrons. The Labute approximate surface area is 173 Å². The molecule has 2 fully saturated rings. The summed E-state index contributed by atoms with van der Waals surface area (Å²) >= 11 is 0. The van der Waals surface area contributed by atoms with E-state index in [9.17, 15) is 4.79 Å². The van der Waals surface area contributed by atoms with Crippen LogP contribution in [0, 0.1) is 20.8 Å². The predicted molar refractivity (Wildman–Crippen MR) is 114 cm³/mol. The number of aryl methyl sites for hydroxylation is 2. The molecule has 6 nitrogen and oxygen atoms in total. The number of carbonyl (C=O) groups excluding carboxylic acids is 1. The van der Waals surface area contributed by atoms with Gasteiger partial charge >= 0.3 is 0 Å². The summed E-state index contributed by atoms with van der Waals surface area (Å²) in [5.41, 5.74) is 5.03. The molecule has 2 aliphatic rings. The molecule has 1 aromatic carbocycles. The predicted octanol–water partition coefficient (Wildman–Crippen LogP) is 3.12. The van der Waals surface area contributed by atoms with Gasteiger partial charge in [0.1, 0.15) is 0 Å². The Morgan fingerprint density at radius 1 is 1.14 bits per heavy atom. The number of rotatable bonds is 4. The summed E-state index contributed by atoms with van der Waals surface area (Å²) in [6.07, 6.45) is 5.10. The fourth-order valence-electron chi connectivity index (χ4n) is 4.50. The number of aromatic nitrogens is 2. The highest BCUT2D eigenvalue weighted by Gasteiger charge is 2.31. The van der Waals surface area contributed by atoms with Gasteiger partial charge < -0.3 is 9.64 Å². The zero-order valence-corrected chi connectivity index (χ0v) is 17.9. The van der Waals surface area contributed by atoms with E-state index in [1.807, 2.05) is 11.6 Å². The van der Waals surface area contributed by atoms with Crippen molar-refractivity contribution in [2.75, 3.05) is 39.4 Å². The molecule has 0 spiro atoms. The summed E-state index contributed by atoms with van der Waals surface area (Å²) in [6.45, 7) is 11.5. The van der Waals surface area contributed by atoms with Crippen molar-refractivity contribution >= 4 is 5.91 Å². The lowest BCUT2D eigenvalue weighted by Crippen LogP contribution is -2.51. The lowest BCUT2D eigenvalue weighted by atomic mass is 10.00. The first-order valence-corrected chi connectivity index (χ1v) is 10.8. The van der Waals surface area contributed by atoms with Crippen molar-refractivity contribution in [2.24, 2.45) is 0 Å². The molecule has 0 bridgehead atoms. The summed E-state index contributed by atoms with van der Waals surface area (Å²) in [6, 6.07) is 6.62. The van der Waals surface area contributed by atoms with Gasteiger partial charge in [0.2, 0.25) is 0 Å². The van der Waals surface area contributed by atoms with Crippen LogP contribution >= 0.6 is 0 Å². The molecule has 3 heterocycles. The first-order chi connectivity index (χ1) is 14.0. The van der Waals surface area contributed by atoms with Crippen LogP contribution in [0.5, 0.6) is 0 Å². The van der Waals surface area contributed by atoms with E-state index in [1.165, 1.54) is 12.0 Å². The van der Waals surface area contributed by atoms with Gasteiger partial charge in [0.05, 0.1) is 36.4 Å². The third-order valence-electron chi connectivity index (χ3n) is 6.29. The van der Waals surface area contributed by atoms with E-state index in [2.05, 4.69) is 46.9 Å². The van der Waals surface area contributed by atoms with Gasteiger partial charge in [-0.1, -0.05) is 12.1 Å². The second-order valence-corrected chi connectivity index (χ2v) is 8.41. The fourth-order valence-corrected chi connectivity index (χ4v) is 4.50. The summed E-state index contributed by atoms with van der Waals surface area (Å²) in [5, 5.41) is 4.59. The second kappa shape index (κ2) is 8.67. The summed E-state index contributed by atoms with van der Waals surface area (Å²) in [4.78, 5) is 18.0. The van der Waals surface area contributed by atoms with Crippen LogP contribution in [-0.4, -0.2) is 70.9 Å². The van der Waals surface area contributed by atoms with E-state index in [0.29, 0.717) is 0 Å². The van der Waals surface area contributed by atoms with Gasteiger partial charge in [-0.2, -0.15) is 5.10 Å². The number of morpholine rings is 1. The van der Waals surface area contributed by atoms with Crippen molar-refractivity contribution in [1.82, 2.24) is 19.6 Å². The molecule has 156 valence electrons. The minimum atomic E-state index is 0.122. The maximum absolute atomic E-state index is 13.5. The van der Waals surface area contributed by atoms with Crippen LogP contribution in [-0.2, 0) is 4.74 Å². The standard InChI is InChI=1S/C23H32N4O2/c1-17-7-8-18(2)22(14-17)27-19(3)21(15-24-27)23(28)26-9-5-4-6-20(26)16-25-10-12-29-13-11-25/h7-8,14-15,20H,4-6,9-13,16H2,1-3H3/t20-/m0/s1. The number of carbonyl (C=O) groups is 1. The number of hydrogen-bond donors (Lipinski definition) is 0. The average molecular weight is 397 g/mol. The highest BCUT2D eigenvalue weighted by molar-refractivity contribution is 5.95. The lowest BCUT2D eigenvalue weighted by molar-refractivity contribution is 0.0166. The van der Waals surface area contributed by atoms with E-state index in [0.717, 1.165) is 74.7 Å². The minimum Gasteiger partial charge on any atom is -0.379 e. The number of nitrogens with zero attached hydrogens (tertiary/aromatic N) is 4. The number of ether oxygens (including phenoxy) is 1. The van der Waals surface area contributed by atoms with E-state index >= 15 is 0 Å². The second-order valence-electron chi connectivity index (χ2n) is 8.41. The van der Waals surface area contributed by atoms with Crippen molar-refractivity contribution in [3.05, 3.63) is 46.8 Å². The topological polar surface area (TPSA) is 50.6 Å². The van der Waals surface area contributed by atoms with Crippen molar-refractivity contribution < 1.29 is 9.53 Å². The van der Waals surface area contributed by atoms with Gasteiger partial charge in [0.25, 0.3) is 5.91 Å². The Morgan fingerprint density at radius 2 is 1.93 bits per heavy atom. The van der Waals surface area contributed by atoms with E-state index in [1.54, 1.807) is 6.20 Å². The number of likely N-dealkylation sites (tertiary alicyclic amines) is 1. The van der Waals surface area contributed by atoms with Crippen LogP contribution < -0.4 is 0 Å². The Balaban J connectivity index is 1.56. The third kappa shape index (κ3) is 4.23. The average Bonchev–Trinajstić information content (AvgIpc) is 3.11. The van der Waals surface area contributed by atoms with E-state index in [-0.39, 0.29) is 11.9 Å². The van der Waals surface area contributed by atoms with Crippen LogP contribution in [0.1, 0.15) is 46.4 Å². The Morgan fingerprint density at radius 3 is 2.72 bits per heavy atom. The normalized spacial score (nSPS) is 20.8. The molecular weight excluding hydrogens is 364 g/mol. The molecule has 2 saturated heterocycles. The molecule has 2 aromatic rings. The molecule has 0 unspecified atom stereocenters. The molecule has 29 heavy (non-hydrogen) atoms. The molecule has 0 aliphatic carbocycles. The van der Waals surface area contributed by atoms with Gasteiger partial charge in [-0.25, -0.2) is 4.68 Å². The summed E-state index contributed by atoms with van der Waals surface area (Å²) in [7, 11) is 0. The van der Waals surface area contributed by atoms with Gasteiger partial charge in [0, 0.05) is 32.2 Å². The van der Waals surface area contributed by atoms with E-state index in [4.69, 9.17) is 4.74 Å². The van der Waals surface area contributed by atoms with Gasteiger partial charge in [0.15, 0.2) is 0 Å². The Bertz CT molecular complexity index is 870. The molecule has 0 N–H and O–H groups in total. The van der Waals surface area contributed by atoms with Crippen molar-refractivity contribution in [3.63, 3.8) is 0 Å². The molecule has 6 heteroatoms. The molecule has 0 saturated carbocycles. The van der Waals surface area contributed by atoms with Crippen LogP contribution in [0.15, 0.2) is 24.4 Å². The number of hydrogen-bond acceptors (Lipinski definition) is 4. The summed E-state index contributed by atoms with van der Waals surface area (Å²) < 4.78 is 7.39. The highest BCUT2D eigenvalue weighted by Crippen LogP contribution is 2.24. The Hall–Kier alpha value is -2.18. The minimum absolute atomic E-state index is 0.122. The number of amides is 1. The molecular formula is C23H32N4O2. The monoisotopic (exact) mass is 396 g/mol. The lowest BCUT2D eigenvalue weighted by Gasteiger charge is -2.39. The Kier molecular flexibility index (Phi) is 6.01.